The zero-order chi connectivity index (χ0) is 11.9. The molecule has 1 aliphatic rings. The Bertz CT molecular complexity index is 583. The second-order valence-electron chi connectivity index (χ2n) is 2.93. The third kappa shape index (κ3) is 1.46. The van der Waals surface area contributed by atoms with Crippen LogP contribution in [0.3, 0.4) is 0 Å². The summed E-state index contributed by atoms with van der Waals surface area (Å²) in [7, 11) is -2.70. The van der Waals surface area contributed by atoms with Crippen LogP contribution >= 0.6 is 11.3 Å². The van der Waals surface area contributed by atoms with Crippen LogP contribution in [0.2, 0.25) is 0 Å². The fraction of sp³-hybridized carbons (Fsp3) is 0.125. The Kier molecular flexibility index (Phi) is 2.39. The lowest BCUT2D eigenvalue weighted by molar-refractivity contribution is -0.136. The van der Waals surface area contributed by atoms with Crippen molar-refractivity contribution in [3.05, 3.63) is 22.0 Å². The monoisotopic (exact) mass is 261 g/mol. The van der Waals surface area contributed by atoms with Gasteiger partial charge in [0.05, 0.1) is 12.0 Å². The van der Waals surface area contributed by atoms with E-state index in [9.17, 15) is 18.3 Å². The molecule has 0 radical (unpaired) electrons. The lowest BCUT2D eigenvalue weighted by Crippen LogP contribution is -2.32. The molecule has 0 atom stereocenters. The Morgan fingerprint density at radius 2 is 2.25 bits per heavy atom. The van der Waals surface area contributed by atoms with Crippen LogP contribution in [0.25, 0.3) is 5.76 Å². The highest BCUT2D eigenvalue weighted by Gasteiger charge is 2.34. The number of rotatable bonds is 1. The van der Waals surface area contributed by atoms with E-state index in [-0.39, 0.29) is 9.77 Å². The standard InChI is InChI=1S/C8H7NO5S2/c1-14-8(11)5-6(10)7-4(2-3-15-7)16(12,13)9-5/h2-3,9-10H,1H3. The summed E-state index contributed by atoms with van der Waals surface area (Å²) in [6.07, 6.45) is 0. The normalized spacial score (nSPS) is 17.6. The number of esters is 1. The van der Waals surface area contributed by atoms with Gasteiger partial charge in [-0.15, -0.1) is 11.3 Å². The number of carbonyl (C=O) groups is 1. The van der Waals surface area contributed by atoms with E-state index in [4.69, 9.17) is 0 Å². The van der Waals surface area contributed by atoms with E-state index in [1.807, 2.05) is 4.72 Å². The number of fused-ring (bicyclic) bond motifs is 1. The van der Waals surface area contributed by atoms with Gasteiger partial charge in [0.1, 0.15) is 4.90 Å². The molecule has 2 heterocycles. The molecule has 8 heteroatoms. The van der Waals surface area contributed by atoms with Gasteiger partial charge in [0.25, 0.3) is 10.0 Å². The maximum atomic E-state index is 11.7. The Labute approximate surface area is 95.2 Å². The molecule has 2 rings (SSSR count). The molecule has 0 aromatic carbocycles. The summed E-state index contributed by atoms with van der Waals surface area (Å²) in [6, 6.07) is 1.35. The molecule has 0 amide bonds. The Morgan fingerprint density at radius 1 is 1.56 bits per heavy atom. The second kappa shape index (κ2) is 3.49. The minimum atomic E-state index is -3.79. The smallest absolute Gasteiger partial charge is 0.359 e. The highest BCUT2D eigenvalue weighted by atomic mass is 32.2. The zero-order valence-electron chi connectivity index (χ0n) is 8.05. The van der Waals surface area contributed by atoms with E-state index in [2.05, 4.69) is 4.74 Å². The number of aliphatic hydroxyl groups is 1. The maximum absolute atomic E-state index is 11.7. The van der Waals surface area contributed by atoms with Gasteiger partial charge in [-0.1, -0.05) is 0 Å². The van der Waals surface area contributed by atoms with E-state index < -0.39 is 27.4 Å². The lowest BCUT2D eigenvalue weighted by atomic mass is 10.3. The molecule has 86 valence electrons. The SMILES string of the molecule is COC(=O)C1=C(O)c2sccc2S(=O)(=O)N1. The van der Waals surface area contributed by atoms with Crippen molar-refractivity contribution in [3.8, 4) is 0 Å². The van der Waals surface area contributed by atoms with Crippen LogP contribution < -0.4 is 4.72 Å². The second-order valence-corrected chi connectivity index (χ2v) is 5.50. The van der Waals surface area contributed by atoms with Gasteiger partial charge in [-0.3, -0.25) is 4.72 Å². The first-order chi connectivity index (χ1) is 7.47. The number of hydrogen-bond donors (Lipinski definition) is 2. The van der Waals surface area contributed by atoms with E-state index in [1.165, 1.54) is 11.4 Å². The van der Waals surface area contributed by atoms with Crippen LogP contribution in [0.5, 0.6) is 0 Å². The molecule has 0 fully saturated rings. The molecule has 1 aromatic rings. The molecule has 2 N–H and O–H groups in total. The average molecular weight is 261 g/mol. The largest absolute Gasteiger partial charge is 0.504 e. The van der Waals surface area contributed by atoms with Gasteiger partial charge in [0.15, 0.2) is 11.5 Å². The van der Waals surface area contributed by atoms with Crippen LogP contribution in [0.4, 0.5) is 0 Å². The fourth-order valence-corrected chi connectivity index (χ4v) is 3.72. The van der Waals surface area contributed by atoms with Crippen molar-refractivity contribution in [2.75, 3.05) is 7.11 Å². The molecule has 0 unspecified atom stereocenters. The number of methoxy groups -OCH3 is 1. The van der Waals surface area contributed by atoms with Crippen LogP contribution in [0.15, 0.2) is 22.0 Å². The molecular formula is C8H7NO5S2. The molecule has 0 aliphatic carbocycles. The predicted molar refractivity (Wildman–Crippen MR) is 56.2 cm³/mol. The van der Waals surface area contributed by atoms with Gasteiger partial charge in [-0.2, -0.15) is 0 Å². The van der Waals surface area contributed by atoms with Crippen molar-refractivity contribution < 1.29 is 23.1 Å². The Balaban J connectivity index is 2.68. The molecule has 0 bridgehead atoms. The number of sulfonamides is 1. The summed E-state index contributed by atoms with van der Waals surface area (Å²) < 4.78 is 29.6. The topological polar surface area (TPSA) is 92.7 Å². The maximum Gasteiger partial charge on any atom is 0.359 e. The molecule has 6 nitrogen and oxygen atoms in total. The van der Waals surface area contributed by atoms with Crippen molar-refractivity contribution in [2.24, 2.45) is 0 Å². The van der Waals surface area contributed by atoms with E-state index >= 15 is 0 Å². The van der Waals surface area contributed by atoms with E-state index in [0.717, 1.165) is 18.4 Å². The molecule has 1 aliphatic heterocycles. The average Bonchev–Trinajstić information content (AvgIpc) is 2.72. The highest BCUT2D eigenvalue weighted by molar-refractivity contribution is 7.90. The summed E-state index contributed by atoms with van der Waals surface area (Å²) in [4.78, 5) is 11.3. The first-order valence-corrected chi connectivity index (χ1v) is 6.46. The van der Waals surface area contributed by atoms with Gasteiger partial charge in [0, 0.05) is 0 Å². The molecule has 0 saturated carbocycles. The highest BCUT2D eigenvalue weighted by Crippen LogP contribution is 2.33. The fourth-order valence-electron chi connectivity index (χ4n) is 1.27. The first kappa shape index (κ1) is 11.0. The summed E-state index contributed by atoms with van der Waals surface area (Å²) in [6.45, 7) is 0. The first-order valence-electron chi connectivity index (χ1n) is 4.09. The van der Waals surface area contributed by atoms with Crippen LogP contribution in [0.1, 0.15) is 4.88 Å². The third-order valence-electron chi connectivity index (χ3n) is 2.00. The Hall–Kier alpha value is -1.54. The number of carbonyl (C=O) groups excluding carboxylic acids is 1. The molecule has 0 spiro atoms. The zero-order valence-corrected chi connectivity index (χ0v) is 9.68. The number of thiophene rings is 1. The quantitative estimate of drug-likeness (QED) is 0.715. The summed E-state index contributed by atoms with van der Waals surface area (Å²) in [5.41, 5.74) is -0.461. The van der Waals surface area contributed by atoms with Crippen LogP contribution in [0, 0.1) is 0 Å². The van der Waals surface area contributed by atoms with E-state index in [1.54, 1.807) is 0 Å². The number of ether oxygens (including phenoxy) is 1. The van der Waals surface area contributed by atoms with Crippen molar-refractivity contribution in [1.82, 2.24) is 4.72 Å². The predicted octanol–water partition coefficient (Wildman–Crippen LogP) is 0.440. The minimum Gasteiger partial charge on any atom is -0.504 e. The van der Waals surface area contributed by atoms with Crippen LogP contribution in [-0.2, 0) is 19.6 Å². The molecule has 16 heavy (non-hydrogen) atoms. The summed E-state index contributed by atoms with van der Waals surface area (Å²) in [5.74, 6) is -1.34. The van der Waals surface area contributed by atoms with Gasteiger partial charge >= 0.3 is 5.97 Å². The molecule has 1 aromatic heterocycles. The summed E-state index contributed by atoms with van der Waals surface area (Å²) >= 11 is 1.03. The number of hydrogen-bond acceptors (Lipinski definition) is 6. The van der Waals surface area contributed by atoms with Gasteiger partial charge < -0.3 is 9.84 Å². The molecular weight excluding hydrogens is 254 g/mol. The minimum absolute atomic E-state index is 0.0392. The lowest BCUT2D eigenvalue weighted by Gasteiger charge is -2.16. The van der Waals surface area contributed by atoms with Gasteiger partial charge in [-0.05, 0) is 11.4 Å². The van der Waals surface area contributed by atoms with Crippen molar-refractivity contribution in [1.29, 1.82) is 0 Å². The number of aliphatic hydroxyl groups excluding tert-OH is 1. The van der Waals surface area contributed by atoms with Crippen LogP contribution in [-0.4, -0.2) is 26.6 Å². The van der Waals surface area contributed by atoms with Crippen molar-refractivity contribution in [3.63, 3.8) is 0 Å². The van der Waals surface area contributed by atoms with Gasteiger partial charge in [0.2, 0.25) is 0 Å². The Morgan fingerprint density at radius 3 is 2.88 bits per heavy atom. The number of nitrogens with one attached hydrogen (secondary N) is 1. The third-order valence-corrected chi connectivity index (χ3v) is 4.44. The van der Waals surface area contributed by atoms with Crippen molar-refractivity contribution >= 4 is 33.1 Å². The van der Waals surface area contributed by atoms with E-state index in [0.29, 0.717) is 0 Å². The molecule has 0 saturated heterocycles. The summed E-state index contributed by atoms with van der Waals surface area (Å²) in [5, 5.41) is 11.2. The van der Waals surface area contributed by atoms with Crippen molar-refractivity contribution in [2.45, 2.75) is 4.90 Å². The van der Waals surface area contributed by atoms with Gasteiger partial charge in [-0.25, -0.2) is 13.2 Å².